The first-order chi connectivity index (χ1) is 17.7. The summed E-state index contributed by atoms with van der Waals surface area (Å²) >= 11 is 0. The Balaban J connectivity index is 1.51. The third-order valence-corrected chi connectivity index (χ3v) is 8.44. The minimum atomic E-state index is -1.98. The van der Waals surface area contributed by atoms with Gasteiger partial charge < -0.3 is 28.8 Å². The minimum Gasteiger partial charge on any atom is -0.497 e. The van der Waals surface area contributed by atoms with Crippen LogP contribution in [-0.4, -0.2) is 73.3 Å². The Kier molecular flexibility index (Phi) is 6.87. The number of benzene rings is 1. The van der Waals surface area contributed by atoms with E-state index in [9.17, 15) is 14.7 Å². The molecule has 1 aromatic carbocycles. The Labute approximate surface area is 217 Å². The van der Waals surface area contributed by atoms with E-state index in [1.54, 1.807) is 7.11 Å². The molecular weight excluding hydrogens is 478 g/mol. The topological polar surface area (TPSA) is 104 Å². The summed E-state index contributed by atoms with van der Waals surface area (Å²) in [6.45, 7) is 5.87. The van der Waals surface area contributed by atoms with Crippen molar-refractivity contribution < 1.29 is 38.4 Å². The second kappa shape index (κ2) is 9.83. The number of carbonyl (C=O) groups excluding carboxylic acids is 2. The van der Waals surface area contributed by atoms with E-state index in [4.69, 9.17) is 23.7 Å². The first-order valence-corrected chi connectivity index (χ1v) is 13.2. The fourth-order valence-electron chi connectivity index (χ4n) is 6.47. The molecule has 4 atom stereocenters. The maximum atomic E-state index is 13.7. The third-order valence-electron chi connectivity index (χ3n) is 8.44. The molecule has 0 saturated carbocycles. The number of hydrogen-bond acceptors (Lipinski definition) is 9. The molecular formula is C28H37NO8. The van der Waals surface area contributed by atoms with Gasteiger partial charge in [-0.2, -0.15) is 0 Å². The van der Waals surface area contributed by atoms with Gasteiger partial charge in [0.2, 0.25) is 6.79 Å². The van der Waals surface area contributed by atoms with Gasteiger partial charge in [0.1, 0.15) is 5.76 Å². The standard InChI is InChI=1S/C28H37NO8/c1-17(2)6-9-27(32,15-24(30)34-4)26(31)37-25-23(33-3)14-20-19-13-22-21(35-16-36-22)12-18(19)7-11-29-10-5-8-28(20,25)29/h12-14,17,20,25,32H,5-11,15-16H2,1-4H3/t20-,25+,27+,28+/m0/s1. The predicted octanol–water partition coefficient (Wildman–Crippen LogP) is 3.08. The van der Waals surface area contributed by atoms with Gasteiger partial charge in [-0.1, -0.05) is 13.8 Å². The smallest absolute Gasteiger partial charge is 0.339 e. The van der Waals surface area contributed by atoms with Crippen molar-refractivity contribution in [3.05, 3.63) is 35.1 Å². The van der Waals surface area contributed by atoms with Crippen molar-refractivity contribution in [2.24, 2.45) is 5.92 Å². The van der Waals surface area contributed by atoms with Gasteiger partial charge in [0, 0.05) is 12.5 Å². The Hall–Kier alpha value is -2.78. The molecule has 0 unspecified atom stereocenters. The normalized spacial score (nSPS) is 27.5. The lowest BCUT2D eigenvalue weighted by atomic mass is 9.77. The maximum Gasteiger partial charge on any atom is 0.339 e. The fourth-order valence-corrected chi connectivity index (χ4v) is 6.47. The number of nitrogens with zero attached hydrogens (tertiary/aromatic N) is 1. The summed E-state index contributed by atoms with van der Waals surface area (Å²) in [4.78, 5) is 28.2. The monoisotopic (exact) mass is 515 g/mol. The van der Waals surface area contributed by atoms with Crippen LogP contribution in [0.15, 0.2) is 24.0 Å². The SMILES string of the molecule is COC(=O)C[C@](O)(CCC(C)C)C(=O)O[C@@H]1C(OC)=C[C@H]2c3cc4c(cc3CCN3CCC[C@]123)OCO4. The van der Waals surface area contributed by atoms with Crippen LogP contribution in [0.2, 0.25) is 0 Å². The molecule has 0 radical (unpaired) electrons. The number of methoxy groups -OCH3 is 2. The second-order valence-corrected chi connectivity index (χ2v) is 11.0. The average molecular weight is 516 g/mol. The van der Waals surface area contributed by atoms with Crippen molar-refractivity contribution >= 4 is 11.9 Å². The number of carbonyl (C=O) groups is 2. The lowest BCUT2D eigenvalue weighted by Gasteiger charge is -2.43. The van der Waals surface area contributed by atoms with E-state index in [2.05, 4.69) is 23.1 Å². The summed E-state index contributed by atoms with van der Waals surface area (Å²) in [5, 5.41) is 11.4. The van der Waals surface area contributed by atoms with Crippen molar-refractivity contribution in [2.45, 2.75) is 75.5 Å². The number of ether oxygens (including phenoxy) is 5. The summed E-state index contributed by atoms with van der Waals surface area (Å²) in [5.41, 5.74) is -0.236. The summed E-state index contributed by atoms with van der Waals surface area (Å²) in [5.74, 6) is 0.689. The van der Waals surface area contributed by atoms with E-state index >= 15 is 0 Å². The van der Waals surface area contributed by atoms with Crippen molar-refractivity contribution in [1.29, 1.82) is 0 Å². The highest BCUT2D eigenvalue weighted by Gasteiger charge is 2.61. The minimum absolute atomic E-state index is 0.0980. The summed E-state index contributed by atoms with van der Waals surface area (Å²) in [6, 6.07) is 4.12. The third kappa shape index (κ3) is 4.36. The number of aliphatic hydroxyl groups is 1. The summed E-state index contributed by atoms with van der Waals surface area (Å²) < 4.78 is 28.1. The van der Waals surface area contributed by atoms with Gasteiger partial charge in [-0.25, -0.2) is 4.79 Å². The molecule has 202 valence electrons. The van der Waals surface area contributed by atoms with Gasteiger partial charge in [-0.05, 0) is 73.9 Å². The van der Waals surface area contributed by atoms with E-state index in [1.165, 1.54) is 12.7 Å². The Morgan fingerprint density at radius 3 is 2.68 bits per heavy atom. The van der Waals surface area contributed by atoms with Gasteiger partial charge in [-0.15, -0.1) is 0 Å². The molecule has 5 rings (SSSR count). The van der Waals surface area contributed by atoms with Crippen LogP contribution < -0.4 is 9.47 Å². The van der Waals surface area contributed by atoms with Crippen LogP contribution >= 0.6 is 0 Å². The maximum absolute atomic E-state index is 13.7. The Morgan fingerprint density at radius 2 is 1.97 bits per heavy atom. The van der Waals surface area contributed by atoms with E-state index in [-0.39, 0.29) is 25.0 Å². The molecule has 1 aromatic rings. The first-order valence-electron chi connectivity index (χ1n) is 13.2. The largest absolute Gasteiger partial charge is 0.497 e. The molecule has 9 heteroatoms. The van der Waals surface area contributed by atoms with Crippen LogP contribution in [0.25, 0.3) is 0 Å². The van der Waals surface area contributed by atoms with Crippen LogP contribution in [0.5, 0.6) is 11.5 Å². The molecule has 1 aliphatic carbocycles. The zero-order chi connectivity index (χ0) is 26.4. The molecule has 0 bridgehead atoms. The van der Waals surface area contributed by atoms with E-state index in [1.807, 2.05) is 13.8 Å². The summed E-state index contributed by atoms with van der Waals surface area (Å²) in [6.07, 6.45) is 4.11. The van der Waals surface area contributed by atoms with Crippen LogP contribution in [0.4, 0.5) is 0 Å². The van der Waals surface area contributed by atoms with Crippen LogP contribution in [0, 0.1) is 5.92 Å². The molecule has 1 N–H and O–H groups in total. The lowest BCUT2D eigenvalue weighted by Crippen LogP contribution is -2.57. The Morgan fingerprint density at radius 1 is 1.22 bits per heavy atom. The average Bonchev–Trinajstić information content (AvgIpc) is 3.57. The molecule has 1 saturated heterocycles. The molecule has 1 spiro atoms. The number of hydrogen-bond donors (Lipinski definition) is 1. The molecule has 3 heterocycles. The van der Waals surface area contributed by atoms with Gasteiger partial charge in [0.05, 0.1) is 26.2 Å². The van der Waals surface area contributed by atoms with Crippen molar-refractivity contribution in [2.75, 3.05) is 34.1 Å². The zero-order valence-electron chi connectivity index (χ0n) is 22.1. The van der Waals surface area contributed by atoms with E-state index < -0.39 is 35.6 Å². The van der Waals surface area contributed by atoms with Gasteiger partial charge in [0.15, 0.2) is 23.2 Å². The second-order valence-electron chi connectivity index (χ2n) is 11.0. The molecule has 1 fully saturated rings. The van der Waals surface area contributed by atoms with Crippen LogP contribution in [0.3, 0.4) is 0 Å². The van der Waals surface area contributed by atoms with Crippen LogP contribution in [-0.2, 0) is 30.2 Å². The van der Waals surface area contributed by atoms with E-state index in [0.717, 1.165) is 43.7 Å². The quantitative estimate of drug-likeness (QED) is 0.523. The highest BCUT2D eigenvalue weighted by molar-refractivity contribution is 5.86. The van der Waals surface area contributed by atoms with E-state index in [0.29, 0.717) is 17.9 Å². The highest BCUT2D eigenvalue weighted by atomic mass is 16.7. The Bertz CT molecular complexity index is 1100. The molecule has 4 aliphatic rings. The van der Waals surface area contributed by atoms with Crippen molar-refractivity contribution in [1.82, 2.24) is 4.90 Å². The number of fused-ring (bicyclic) bond motifs is 3. The molecule has 9 nitrogen and oxygen atoms in total. The van der Waals surface area contributed by atoms with Gasteiger partial charge in [-0.3, -0.25) is 9.69 Å². The first kappa shape index (κ1) is 25.9. The summed E-state index contributed by atoms with van der Waals surface area (Å²) in [7, 11) is 2.82. The number of rotatable bonds is 8. The molecule has 0 amide bonds. The van der Waals surface area contributed by atoms with Crippen molar-refractivity contribution in [3.63, 3.8) is 0 Å². The molecule has 3 aliphatic heterocycles. The predicted molar refractivity (Wildman–Crippen MR) is 133 cm³/mol. The van der Waals surface area contributed by atoms with Gasteiger partial charge in [0.25, 0.3) is 0 Å². The zero-order valence-corrected chi connectivity index (χ0v) is 22.1. The van der Waals surface area contributed by atoms with Crippen LogP contribution in [0.1, 0.15) is 63.0 Å². The number of esters is 2. The lowest BCUT2D eigenvalue weighted by molar-refractivity contribution is -0.183. The fraction of sp³-hybridized carbons (Fsp3) is 0.643. The highest BCUT2D eigenvalue weighted by Crippen LogP contribution is 2.56. The van der Waals surface area contributed by atoms with Crippen molar-refractivity contribution in [3.8, 4) is 11.5 Å². The van der Waals surface area contributed by atoms with Gasteiger partial charge >= 0.3 is 11.9 Å². The molecule has 37 heavy (non-hydrogen) atoms. The molecule has 0 aromatic heterocycles.